The molecule has 0 radical (unpaired) electrons. The quantitative estimate of drug-likeness (QED) is 0.777. The summed E-state index contributed by atoms with van der Waals surface area (Å²) >= 11 is 0. The van der Waals surface area contributed by atoms with Crippen molar-refractivity contribution < 1.29 is 0 Å². The molecule has 1 fully saturated rings. The second kappa shape index (κ2) is 5.21. The van der Waals surface area contributed by atoms with Gasteiger partial charge < -0.3 is 10.7 Å². The molecule has 2 heterocycles. The Morgan fingerprint density at radius 2 is 1.86 bits per heavy atom. The van der Waals surface area contributed by atoms with Gasteiger partial charge in [0.15, 0.2) is 0 Å². The highest BCUT2D eigenvalue weighted by Crippen LogP contribution is 2.41. The topological polar surface area (TPSA) is 67.6 Å². The number of nitrogens with two attached hydrogens (primary N) is 1. The molecule has 22 heavy (non-hydrogen) atoms. The number of rotatable bonds is 3. The van der Waals surface area contributed by atoms with Crippen molar-refractivity contribution in [1.82, 2.24) is 15.0 Å². The minimum absolute atomic E-state index is 0.157. The highest BCUT2D eigenvalue weighted by molar-refractivity contribution is 5.80. The zero-order chi connectivity index (χ0) is 15.0. The maximum absolute atomic E-state index is 6.11. The summed E-state index contributed by atoms with van der Waals surface area (Å²) < 4.78 is 0. The van der Waals surface area contributed by atoms with Crippen LogP contribution in [0.25, 0.3) is 22.4 Å². The molecule has 4 heteroatoms. The maximum atomic E-state index is 6.11. The van der Waals surface area contributed by atoms with Crippen molar-refractivity contribution in [3.05, 3.63) is 48.3 Å². The Balaban J connectivity index is 1.78. The molecule has 1 aromatic carbocycles. The van der Waals surface area contributed by atoms with Crippen LogP contribution in [0, 0.1) is 0 Å². The molecule has 3 N–H and O–H groups in total. The van der Waals surface area contributed by atoms with E-state index in [4.69, 9.17) is 10.7 Å². The smallest absolute Gasteiger partial charge is 0.138 e. The van der Waals surface area contributed by atoms with E-state index in [-0.39, 0.29) is 5.41 Å². The van der Waals surface area contributed by atoms with Gasteiger partial charge in [-0.15, -0.1) is 0 Å². The summed E-state index contributed by atoms with van der Waals surface area (Å²) in [5.74, 6) is 0.891. The summed E-state index contributed by atoms with van der Waals surface area (Å²) in [5.41, 5.74) is 10.7. The Hall–Kier alpha value is -2.20. The average molecular weight is 292 g/mol. The average Bonchev–Trinajstić information content (AvgIpc) is 3.22. The molecule has 0 spiro atoms. The van der Waals surface area contributed by atoms with E-state index in [1.165, 1.54) is 31.2 Å². The van der Waals surface area contributed by atoms with Gasteiger partial charge in [0.1, 0.15) is 5.82 Å². The number of pyridine rings is 1. The number of benzene rings is 1. The van der Waals surface area contributed by atoms with Crippen LogP contribution < -0.4 is 5.73 Å². The van der Waals surface area contributed by atoms with E-state index < -0.39 is 0 Å². The normalized spacial score (nSPS) is 17.1. The van der Waals surface area contributed by atoms with Gasteiger partial charge in [-0.05, 0) is 42.7 Å². The van der Waals surface area contributed by atoms with Gasteiger partial charge in [0, 0.05) is 29.9 Å². The largest absolute Gasteiger partial charge is 0.338 e. The zero-order valence-electron chi connectivity index (χ0n) is 12.5. The van der Waals surface area contributed by atoms with Crippen molar-refractivity contribution in [3.63, 3.8) is 0 Å². The lowest BCUT2D eigenvalue weighted by atomic mass is 9.79. The second-order valence-corrected chi connectivity index (χ2v) is 6.24. The molecule has 4 nitrogen and oxygen atoms in total. The van der Waals surface area contributed by atoms with E-state index >= 15 is 0 Å². The third-order valence-corrected chi connectivity index (χ3v) is 5.00. The van der Waals surface area contributed by atoms with E-state index in [1.807, 2.05) is 12.1 Å². The molecule has 0 unspecified atom stereocenters. The highest BCUT2D eigenvalue weighted by Gasteiger charge is 2.34. The van der Waals surface area contributed by atoms with Crippen LogP contribution in [0.2, 0.25) is 0 Å². The van der Waals surface area contributed by atoms with Crippen LogP contribution in [0.5, 0.6) is 0 Å². The molecule has 1 aliphatic carbocycles. The predicted molar refractivity (Wildman–Crippen MR) is 88.5 cm³/mol. The molecule has 0 aliphatic heterocycles. The van der Waals surface area contributed by atoms with Gasteiger partial charge in [0.05, 0.1) is 11.0 Å². The number of aromatic amines is 1. The Labute approximate surface area is 129 Å². The second-order valence-electron chi connectivity index (χ2n) is 6.24. The molecule has 0 amide bonds. The van der Waals surface area contributed by atoms with Crippen molar-refractivity contribution in [3.8, 4) is 11.4 Å². The summed E-state index contributed by atoms with van der Waals surface area (Å²) in [5, 5.41) is 0. The van der Waals surface area contributed by atoms with Gasteiger partial charge in [0.2, 0.25) is 0 Å². The van der Waals surface area contributed by atoms with Gasteiger partial charge >= 0.3 is 0 Å². The van der Waals surface area contributed by atoms with Crippen molar-refractivity contribution in [2.75, 3.05) is 6.54 Å². The third kappa shape index (κ3) is 2.11. The van der Waals surface area contributed by atoms with E-state index in [1.54, 1.807) is 12.4 Å². The summed E-state index contributed by atoms with van der Waals surface area (Å²) in [4.78, 5) is 12.2. The number of aromatic nitrogens is 3. The molecule has 3 aromatic rings. The fraction of sp³-hybridized carbons (Fsp3) is 0.333. The Kier molecular flexibility index (Phi) is 3.19. The first kappa shape index (κ1) is 13.5. The summed E-state index contributed by atoms with van der Waals surface area (Å²) in [6.45, 7) is 0.722. The van der Waals surface area contributed by atoms with Crippen LogP contribution in [-0.2, 0) is 5.41 Å². The first-order chi connectivity index (χ1) is 10.8. The van der Waals surface area contributed by atoms with Crippen molar-refractivity contribution in [2.24, 2.45) is 5.73 Å². The van der Waals surface area contributed by atoms with Gasteiger partial charge in [-0.1, -0.05) is 18.9 Å². The van der Waals surface area contributed by atoms with Gasteiger partial charge in [-0.2, -0.15) is 0 Å². The minimum Gasteiger partial charge on any atom is -0.338 e. The van der Waals surface area contributed by atoms with Crippen LogP contribution in [-0.4, -0.2) is 21.5 Å². The number of nitrogens with one attached hydrogen (secondary N) is 1. The lowest BCUT2D eigenvalue weighted by Crippen LogP contribution is -2.31. The number of imidazole rings is 1. The summed E-state index contributed by atoms with van der Waals surface area (Å²) in [6.07, 6.45) is 8.51. The van der Waals surface area contributed by atoms with Crippen LogP contribution in [0.4, 0.5) is 0 Å². The van der Waals surface area contributed by atoms with Crippen LogP contribution in [0.15, 0.2) is 42.7 Å². The molecular weight excluding hydrogens is 272 g/mol. The molecule has 0 saturated heterocycles. The fourth-order valence-electron chi connectivity index (χ4n) is 3.64. The predicted octanol–water partition coefficient (Wildman–Crippen LogP) is 3.40. The lowest BCUT2D eigenvalue weighted by Gasteiger charge is -2.27. The van der Waals surface area contributed by atoms with Gasteiger partial charge in [-0.3, -0.25) is 4.98 Å². The Morgan fingerprint density at radius 1 is 1.09 bits per heavy atom. The zero-order valence-corrected chi connectivity index (χ0v) is 12.5. The molecular formula is C18H20N4. The Morgan fingerprint density at radius 3 is 2.59 bits per heavy atom. The number of hydrogen-bond donors (Lipinski definition) is 2. The van der Waals surface area contributed by atoms with Crippen molar-refractivity contribution >= 4 is 11.0 Å². The number of hydrogen-bond acceptors (Lipinski definition) is 3. The monoisotopic (exact) mass is 292 g/mol. The minimum atomic E-state index is 0.157. The Bertz CT molecular complexity index is 785. The standard InChI is InChI=1S/C18H20N4/c19-12-18(7-1-2-8-18)14-3-4-15-16(11-14)22-17(21-15)13-5-9-20-10-6-13/h3-6,9-11H,1-2,7-8,12,19H2,(H,21,22). The molecule has 1 saturated carbocycles. The fourth-order valence-corrected chi connectivity index (χ4v) is 3.64. The van der Waals surface area contributed by atoms with Crippen LogP contribution in [0.1, 0.15) is 31.2 Å². The molecule has 1 aliphatic rings. The first-order valence-corrected chi connectivity index (χ1v) is 7.91. The van der Waals surface area contributed by atoms with E-state index in [0.29, 0.717) is 0 Å². The molecule has 4 rings (SSSR count). The molecule has 0 bridgehead atoms. The third-order valence-electron chi connectivity index (χ3n) is 5.00. The molecule has 112 valence electrons. The number of nitrogens with zero attached hydrogens (tertiary/aromatic N) is 2. The summed E-state index contributed by atoms with van der Waals surface area (Å²) in [6, 6.07) is 10.5. The van der Waals surface area contributed by atoms with Crippen LogP contribution >= 0.6 is 0 Å². The summed E-state index contributed by atoms with van der Waals surface area (Å²) in [7, 11) is 0. The number of fused-ring (bicyclic) bond motifs is 1. The molecule has 0 atom stereocenters. The van der Waals surface area contributed by atoms with E-state index in [2.05, 4.69) is 28.2 Å². The van der Waals surface area contributed by atoms with Crippen molar-refractivity contribution in [2.45, 2.75) is 31.1 Å². The number of H-pyrrole nitrogens is 1. The van der Waals surface area contributed by atoms with E-state index in [0.717, 1.165) is 29.0 Å². The molecule has 2 aromatic heterocycles. The van der Waals surface area contributed by atoms with Gasteiger partial charge in [-0.25, -0.2) is 4.98 Å². The van der Waals surface area contributed by atoms with E-state index in [9.17, 15) is 0 Å². The van der Waals surface area contributed by atoms with Crippen molar-refractivity contribution in [1.29, 1.82) is 0 Å². The van der Waals surface area contributed by atoms with Gasteiger partial charge in [0.25, 0.3) is 0 Å². The highest BCUT2D eigenvalue weighted by atomic mass is 14.9. The maximum Gasteiger partial charge on any atom is 0.138 e. The lowest BCUT2D eigenvalue weighted by molar-refractivity contribution is 0.453. The van der Waals surface area contributed by atoms with Crippen LogP contribution in [0.3, 0.4) is 0 Å². The first-order valence-electron chi connectivity index (χ1n) is 7.91. The SMILES string of the molecule is NCC1(c2ccc3[nH]c(-c4ccncc4)nc3c2)CCCC1.